The fraction of sp³-hybridized carbons (Fsp3) is 0.455. The van der Waals surface area contributed by atoms with Crippen LogP contribution in [0.3, 0.4) is 0 Å². The van der Waals surface area contributed by atoms with Crippen LogP contribution in [-0.2, 0) is 6.54 Å². The van der Waals surface area contributed by atoms with Crippen LogP contribution >= 0.6 is 27.5 Å². The molecule has 0 bridgehead atoms. The van der Waals surface area contributed by atoms with Crippen LogP contribution in [0.4, 0.5) is 0 Å². The first-order valence-electron chi connectivity index (χ1n) is 5.18. The van der Waals surface area contributed by atoms with E-state index in [1.165, 1.54) is 6.33 Å². The van der Waals surface area contributed by atoms with Crippen LogP contribution in [0.1, 0.15) is 25.7 Å². The van der Waals surface area contributed by atoms with E-state index in [9.17, 15) is 4.79 Å². The van der Waals surface area contributed by atoms with Gasteiger partial charge in [-0.3, -0.25) is 9.36 Å². The Balaban J connectivity index is 2.52. The van der Waals surface area contributed by atoms with E-state index >= 15 is 0 Å². The molecule has 0 aromatic carbocycles. The molecule has 88 valence electrons. The molecule has 0 unspecified atom stereocenters. The molecule has 1 aromatic rings. The van der Waals surface area contributed by atoms with Gasteiger partial charge < -0.3 is 0 Å². The number of unbranched alkanes of at least 4 members (excludes halogenated alkanes) is 3. The third kappa shape index (κ3) is 3.76. The van der Waals surface area contributed by atoms with E-state index in [2.05, 4.69) is 27.5 Å². The normalized spacial score (nSPS) is 10.4. The topological polar surface area (TPSA) is 34.9 Å². The molecular formula is C11H14BrClN2O. The van der Waals surface area contributed by atoms with Gasteiger partial charge in [0.15, 0.2) is 5.15 Å². The van der Waals surface area contributed by atoms with Crippen molar-refractivity contribution in [2.75, 3.05) is 0 Å². The van der Waals surface area contributed by atoms with Gasteiger partial charge in [0.2, 0.25) is 0 Å². The Labute approximate surface area is 108 Å². The van der Waals surface area contributed by atoms with Crippen molar-refractivity contribution in [3.63, 3.8) is 0 Å². The fourth-order valence-electron chi connectivity index (χ4n) is 1.35. The van der Waals surface area contributed by atoms with E-state index in [1.54, 1.807) is 4.57 Å². The number of allylic oxidation sites excluding steroid dienone is 1. The Morgan fingerprint density at radius 2 is 2.25 bits per heavy atom. The molecule has 0 N–H and O–H groups in total. The third-order valence-corrected chi connectivity index (χ3v) is 3.48. The molecule has 1 aromatic heterocycles. The molecule has 0 aliphatic carbocycles. The molecule has 0 amide bonds. The number of hydrogen-bond donors (Lipinski definition) is 0. The SMILES string of the molecule is C=CCCCCCn1cnc(Cl)c(Br)c1=O. The number of aryl methyl sites for hydroxylation is 1. The molecule has 0 radical (unpaired) electrons. The summed E-state index contributed by atoms with van der Waals surface area (Å²) in [5.74, 6) is 0. The van der Waals surface area contributed by atoms with Gasteiger partial charge in [-0.05, 0) is 35.2 Å². The van der Waals surface area contributed by atoms with Crippen molar-refractivity contribution in [1.82, 2.24) is 9.55 Å². The van der Waals surface area contributed by atoms with Gasteiger partial charge in [-0.1, -0.05) is 24.1 Å². The number of rotatable bonds is 6. The lowest BCUT2D eigenvalue weighted by Crippen LogP contribution is -2.21. The third-order valence-electron chi connectivity index (χ3n) is 2.25. The molecule has 1 rings (SSSR count). The maximum atomic E-state index is 11.7. The van der Waals surface area contributed by atoms with E-state index < -0.39 is 0 Å². The van der Waals surface area contributed by atoms with Gasteiger partial charge in [0.1, 0.15) is 4.47 Å². The van der Waals surface area contributed by atoms with Gasteiger partial charge in [-0.2, -0.15) is 0 Å². The van der Waals surface area contributed by atoms with Crippen LogP contribution in [0.2, 0.25) is 5.15 Å². The average molecular weight is 306 g/mol. The van der Waals surface area contributed by atoms with Gasteiger partial charge in [-0.15, -0.1) is 6.58 Å². The standard InChI is InChI=1S/C11H14BrClN2O/c1-2-3-4-5-6-7-15-8-14-10(13)9(12)11(15)16/h2,8H,1,3-7H2. The Hall–Kier alpha value is -0.610. The zero-order valence-electron chi connectivity index (χ0n) is 8.96. The monoisotopic (exact) mass is 304 g/mol. The molecule has 3 nitrogen and oxygen atoms in total. The lowest BCUT2D eigenvalue weighted by Gasteiger charge is -2.05. The van der Waals surface area contributed by atoms with Crippen LogP contribution in [0.15, 0.2) is 28.2 Å². The van der Waals surface area contributed by atoms with Crippen molar-refractivity contribution in [3.05, 3.63) is 39.0 Å². The summed E-state index contributed by atoms with van der Waals surface area (Å²) in [4.78, 5) is 15.6. The largest absolute Gasteiger partial charge is 0.298 e. The molecule has 1 heterocycles. The number of halogens is 2. The van der Waals surface area contributed by atoms with Gasteiger partial charge >= 0.3 is 0 Å². The van der Waals surface area contributed by atoms with Crippen molar-refractivity contribution in [2.24, 2.45) is 0 Å². The molecule has 0 spiro atoms. The summed E-state index contributed by atoms with van der Waals surface area (Å²) in [6, 6.07) is 0. The Morgan fingerprint density at radius 1 is 1.50 bits per heavy atom. The zero-order valence-corrected chi connectivity index (χ0v) is 11.3. The Bertz CT molecular complexity index is 417. The maximum Gasteiger partial charge on any atom is 0.269 e. The predicted molar refractivity (Wildman–Crippen MR) is 69.9 cm³/mol. The number of aromatic nitrogens is 2. The average Bonchev–Trinajstić information content (AvgIpc) is 2.28. The van der Waals surface area contributed by atoms with Crippen molar-refractivity contribution in [1.29, 1.82) is 0 Å². The fourth-order valence-corrected chi connectivity index (χ4v) is 1.81. The van der Waals surface area contributed by atoms with E-state index in [1.807, 2.05) is 6.08 Å². The summed E-state index contributed by atoms with van der Waals surface area (Å²) in [6.45, 7) is 4.35. The minimum Gasteiger partial charge on any atom is -0.298 e. The first-order chi connectivity index (χ1) is 7.66. The summed E-state index contributed by atoms with van der Waals surface area (Å²) in [7, 11) is 0. The van der Waals surface area contributed by atoms with Crippen LogP contribution in [-0.4, -0.2) is 9.55 Å². The van der Waals surface area contributed by atoms with E-state index in [0.717, 1.165) is 25.7 Å². The highest BCUT2D eigenvalue weighted by molar-refractivity contribution is 9.10. The second-order valence-corrected chi connectivity index (χ2v) is 4.64. The predicted octanol–water partition coefficient (Wildman–Crippen LogP) is 3.41. The molecule has 5 heteroatoms. The van der Waals surface area contributed by atoms with Crippen molar-refractivity contribution in [2.45, 2.75) is 32.2 Å². The highest BCUT2D eigenvalue weighted by Crippen LogP contribution is 2.13. The second-order valence-electron chi connectivity index (χ2n) is 3.49. The smallest absolute Gasteiger partial charge is 0.269 e. The first-order valence-corrected chi connectivity index (χ1v) is 6.35. The lowest BCUT2D eigenvalue weighted by molar-refractivity contribution is 0.569. The highest BCUT2D eigenvalue weighted by Gasteiger charge is 2.05. The summed E-state index contributed by atoms with van der Waals surface area (Å²) in [5, 5.41) is 0.216. The summed E-state index contributed by atoms with van der Waals surface area (Å²) < 4.78 is 1.91. The molecule has 0 atom stereocenters. The van der Waals surface area contributed by atoms with Gasteiger partial charge in [0.25, 0.3) is 5.56 Å². The molecule has 0 aliphatic heterocycles. The van der Waals surface area contributed by atoms with E-state index in [4.69, 9.17) is 11.6 Å². The van der Waals surface area contributed by atoms with Crippen molar-refractivity contribution < 1.29 is 0 Å². The minimum atomic E-state index is -0.122. The molecule has 16 heavy (non-hydrogen) atoms. The van der Waals surface area contributed by atoms with Crippen molar-refractivity contribution >= 4 is 27.5 Å². The molecule has 0 aliphatic rings. The lowest BCUT2D eigenvalue weighted by atomic mass is 10.2. The quantitative estimate of drug-likeness (QED) is 0.458. The molecule has 0 saturated heterocycles. The summed E-state index contributed by atoms with van der Waals surface area (Å²) >= 11 is 8.83. The zero-order chi connectivity index (χ0) is 12.0. The first kappa shape index (κ1) is 13.5. The number of nitrogens with zero attached hydrogens (tertiary/aromatic N) is 2. The molecule has 0 saturated carbocycles. The van der Waals surface area contributed by atoms with Crippen LogP contribution in [0.25, 0.3) is 0 Å². The molecular weight excluding hydrogens is 291 g/mol. The minimum absolute atomic E-state index is 0.122. The Morgan fingerprint density at radius 3 is 2.94 bits per heavy atom. The van der Waals surface area contributed by atoms with Gasteiger partial charge in [-0.25, -0.2) is 4.98 Å². The van der Waals surface area contributed by atoms with E-state index in [-0.39, 0.29) is 10.7 Å². The van der Waals surface area contributed by atoms with Gasteiger partial charge in [0.05, 0.1) is 6.33 Å². The molecule has 0 fully saturated rings. The van der Waals surface area contributed by atoms with Crippen LogP contribution in [0, 0.1) is 0 Å². The second kappa shape index (κ2) is 6.86. The van der Waals surface area contributed by atoms with Crippen LogP contribution in [0.5, 0.6) is 0 Å². The van der Waals surface area contributed by atoms with Crippen LogP contribution < -0.4 is 5.56 Å². The van der Waals surface area contributed by atoms with Gasteiger partial charge in [0, 0.05) is 6.54 Å². The summed E-state index contributed by atoms with van der Waals surface area (Å²) in [6.07, 6.45) is 7.58. The Kier molecular flexibility index (Phi) is 5.77. The number of hydrogen-bond acceptors (Lipinski definition) is 2. The maximum absolute atomic E-state index is 11.7. The summed E-state index contributed by atoms with van der Waals surface area (Å²) in [5.41, 5.74) is -0.122. The van der Waals surface area contributed by atoms with E-state index in [0.29, 0.717) is 11.0 Å². The van der Waals surface area contributed by atoms with Crippen molar-refractivity contribution in [3.8, 4) is 0 Å². The highest BCUT2D eigenvalue weighted by atomic mass is 79.9.